The molecule has 1 nitrogen and oxygen atoms in total. The van der Waals surface area contributed by atoms with Crippen LogP contribution in [0.3, 0.4) is 0 Å². The van der Waals surface area contributed by atoms with Gasteiger partial charge in [-0.1, -0.05) is 27.7 Å². The van der Waals surface area contributed by atoms with Crippen molar-refractivity contribution >= 4 is 11.6 Å². The van der Waals surface area contributed by atoms with E-state index >= 15 is 0 Å². The fraction of sp³-hybridized carbons (Fsp3) is 1.00. The van der Waals surface area contributed by atoms with Gasteiger partial charge in [-0.2, -0.15) is 0 Å². The predicted molar refractivity (Wildman–Crippen MR) is 54.7 cm³/mol. The Hall–Kier alpha value is 0.250. The summed E-state index contributed by atoms with van der Waals surface area (Å²) >= 11 is 6.28. The highest BCUT2D eigenvalue weighted by molar-refractivity contribution is 6.21. The molecule has 12 heavy (non-hydrogen) atoms. The zero-order valence-electron chi connectivity index (χ0n) is 8.80. The topological polar surface area (TPSA) is 9.23 Å². The third-order valence-electron chi connectivity index (χ3n) is 2.26. The maximum Gasteiger partial charge on any atom is 0.0507 e. The Labute approximate surface area is 81.4 Å². The second-order valence-electron chi connectivity index (χ2n) is 4.05. The molecule has 0 aliphatic rings. The molecule has 0 radical (unpaired) electrons. The molecular weight excluding hydrogens is 172 g/mol. The van der Waals surface area contributed by atoms with Gasteiger partial charge in [0, 0.05) is 18.4 Å². The Balaban J connectivity index is 4.09. The summed E-state index contributed by atoms with van der Waals surface area (Å²) in [6, 6.07) is 0. The van der Waals surface area contributed by atoms with Crippen LogP contribution in [0.25, 0.3) is 0 Å². The number of methoxy groups -OCH3 is 1. The molecule has 0 saturated carbocycles. The molecular formula is C10H21ClO. The third-order valence-corrected chi connectivity index (χ3v) is 3.09. The van der Waals surface area contributed by atoms with Crippen molar-refractivity contribution < 1.29 is 4.74 Å². The fourth-order valence-electron chi connectivity index (χ4n) is 1.34. The molecule has 0 rings (SSSR count). The molecule has 0 N–H and O–H groups in total. The second-order valence-corrected chi connectivity index (χ2v) is 4.56. The number of hydrogen-bond acceptors (Lipinski definition) is 1. The zero-order valence-corrected chi connectivity index (χ0v) is 9.56. The van der Waals surface area contributed by atoms with Gasteiger partial charge in [-0.3, -0.25) is 0 Å². The first-order chi connectivity index (χ1) is 5.50. The van der Waals surface area contributed by atoms with Gasteiger partial charge in [-0.25, -0.2) is 0 Å². The van der Waals surface area contributed by atoms with Crippen molar-refractivity contribution in [2.75, 3.05) is 13.7 Å². The van der Waals surface area contributed by atoms with Crippen LogP contribution in [0.15, 0.2) is 0 Å². The van der Waals surface area contributed by atoms with Crippen LogP contribution in [0.1, 0.15) is 27.7 Å². The van der Waals surface area contributed by atoms with Crippen LogP contribution in [-0.4, -0.2) is 19.1 Å². The molecule has 0 fully saturated rings. The van der Waals surface area contributed by atoms with E-state index in [2.05, 4.69) is 27.7 Å². The van der Waals surface area contributed by atoms with Crippen molar-refractivity contribution in [3.05, 3.63) is 0 Å². The van der Waals surface area contributed by atoms with E-state index in [0.717, 1.165) is 6.61 Å². The molecule has 2 unspecified atom stereocenters. The van der Waals surface area contributed by atoms with Gasteiger partial charge in [0.2, 0.25) is 0 Å². The molecule has 0 bridgehead atoms. The smallest absolute Gasteiger partial charge is 0.0507 e. The van der Waals surface area contributed by atoms with Crippen molar-refractivity contribution in [2.45, 2.75) is 33.1 Å². The average molecular weight is 193 g/mol. The minimum atomic E-state index is 0.227. The highest BCUT2D eigenvalue weighted by atomic mass is 35.5. The zero-order chi connectivity index (χ0) is 9.72. The van der Waals surface area contributed by atoms with Crippen molar-refractivity contribution in [2.24, 2.45) is 17.8 Å². The van der Waals surface area contributed by atoms with Gasteiger partial charge < -0.3 is 4.74 Å². The van der Waals surface area contributed by atoms with E-state index in [1.54, 1.807) is 7.11 Å². The van der Waals surface area contributed by atoms with Crippen molar-refractivity contribution in [1.82, 2.24) is 0 Å². The van der Waals surface area contributed by atoms with Crippen LogP contribution in [0.2, 0.25) is 0 Å². The van der Waals surface area contributed by atoms with Crippen molar-refractivity contribution in [3.8, 4) is 0 Å². The van der Waals surface area contributed by atoms with Crippen LogP contribution in [-0.2, 0) is 4.74 Å². The van der Waals surface area contributed by atoms with E-state index in [1.165, 1.54) is 0 Å². The number of ether oxygens (including phenoxy) is 1. The molecule has 0 amide bonds. The first kappa shape index (κ1) is 12.2. The van der Waals surface area contributed by atoms with Crippen LogP contribution >= 0.6 is 11.6 Å². The Morgan fingerprint density at radius 1 is 1.08 bits per heavy atom. The lowest BCUT2D eigenvalue weighted by atomic mass is 9.88. The molecule has 0 aromatic heterocycles. The van der Waals surface area contributed by atoms with Crippen LogP contribution < -0.4 is 0 Å². The van der Waals surface area contributed by atoms with E-state index in [0.29, 0.717) is 17.8 Å². The SMILES string of the molecule is COCC(C(C)C)C(Cl)C(C)C. The summed E-state index contributed by atoms with van der Waals surface area (Å²) in [4.78, 5) is 0. The van der Waals surface area contributed by atoms with E-state index in [-0.39, 0.29) is 5.38 Å². The summed E-state index contributed by atoms with van der Waals surface area (Å²) in [7, 11) is 1.74. The molecule has 0 aliphatic heterocycles. The van der Waals surface area contributed by atoms with Gasteiger partial charge >= 0.3 is 0 Å². The highest BCUT2D eigenvalue weighted by Crippen LogP contribution is 2.25. The Kier molecular flexibility index (Phi) is 5.94. The lowest BCUT2D eigenvalue weighted by molar-refractivity contribution is 0.119. The lowest BCUT2D eigenvalue weighted by Gasteiger charge is -2.27. The number of rotatable bonds is 5. The molecule has 0 aromatic carbocycles. The summed E-state index contributed by atoms with van der Waals surface area (Å²) < 4.78 is 5.15. The van der Waals surface area contributed by atoms with E-state index in [9.17, 15) is 0 Å². The summed E-state index contributed by atoms with van der Waals surface area (Å²) in [5.74, 6) is 1.58. The summed E-state index contributed by atoms with van der Waals surface area (Å²) in [5.41, 5.74) is 0. The Bertz CT molecular complexity index is 112. The summed E-state index contributed by atoms with van der Waals surface area (Å²) in [5, 5.41) is 0.227. The highest BCUT2D eigenvalue weighted by Gasteiger charge is 2.24. The molecule has 0 saturated heterocycles. The standard InChI is InChI=1S/C10H21ClO/c1-7(2)9(6-12-5)10(11)8(3)4/h7-10H,6H2,1-5H3. The van der Waals surface area contributed by atoms with Gasteiger partial charge in [0.25, 0.3) is 0 Å². The maximum absolute atomic E-state index is 6.28. The minimum absolute atomic E-state index is 0.227. The van der Waals surface area contributed by atoms with Crippen LogP contribution in [0, 0.1) is 17.8 Å². The van der Waals surface area contributed by atoms with Gasteiger partial charge in [0.15, 0.2) is 0 Å². The van der Waals surface area contributed by atoms with E-state index in [1.807, 2.05) is 0 Å². The molecule has 0 spiro atoms. The molecule has 0 heterocycles. The molecule has 0 aliphatic carbocycles. The largest absolute Gasteiger partial charge is 0.384 e. The first-order valence-electron chi connectivity index (χ1n) is 4.63. The normalized spacial score (nSPS) is 17.0. The van der Waals surface area contributed by atoms with E-state index < -0.39 is 0 Å². The maximum atomic E-state index is 6.28. The van der Waals surface area contributed by atoms with Gasteiger partial charge in [0.1, 0.15) is 0 Å². The minimum Gasteiger partial charge on any atom is -0.384 e. The second kappa shape index (κ2) is 5.82. The fourth-order valence-corrected chi connectivity index (χ4v) is 1.70. The van der Waals surface area contributed by atoms with Crippen molar-refractivity contribution in [3.63, 3.8) is 0 Å². The monoisotopic (exact) mass is 192 g/mol. The van der Waals surface area contributed by atoms with Gasteiger partial charge in [-0.05, 0) is 11.8 Å². The average Bonchev–Trinajstić information content (AvgIpc) is 1.98. The van der Waals surface area contributed by atoms with E-state index in [4.69, 9.17) is 16.3 Å². The molecule has 0 aromatic rings. The number of alkyl halides is 1. The number of halogens is 1. The van der Waals surface area contributed by atoms with Crippen molar-refractivity contribution in [1.29, 1.82) is 0 Å². The van der Waals surface area contributed by atoms with Gasteiger partial charge in [-0.15, -0.1) is 11.6 Å². The molecule has 2 heteroatoms. The Morgan fingerprint density at radius 2 is 1.58 bits per heavy atom. The predicted octanol–water partition coefficient (Wildman–Crippen LogP) is 3.17. The van der Waals surface area contributed by atoms with Crippen LogP contribution in [0.4, 0.5) is 0 Å². The summed E-state index contributed by atoms with van der Waals surface area (Å²) in [6.45, 7) is 9.47. The third kappa shape index (κ3) is 3.77. The number of hydrogen-bond donors (Lipinski definition) is 0. The molecule has 74 valence electrons. The Morgan fingerprint density at radius 3 is 1.83 bits per heavy atom. The molecule has 2 atom stereocenters. The van der Waals surface area contributed by atoms with Crippen LogP contribution in [0.5, 0.6) is 0 Å². The quantitative estimate of drug-likeness (QED) is 0.609. The van der Waals surface area contributed by atoms with Gasteiger partial charge in [0.05, 0.1) is 6.61 Å². The lowest BCUT2D eigenvalue weighted by Crippen LogP contribution is -2.29. The first-order valence-corrected chi connectivity index (χ1v) is 5.07. The summed E-state index contributed by atoms with van der Waals surface area (Å²) in [6.07, 6.45) is 0.